The number of nitrogens with zero attached hydrogens (tertiary/aromatic N) is 4. The standard InChI is InChI=1S/C15H12F3N5O3S/c1-26-10-4-2-3-9(7-10)13-21-14(15(16,17)18)22-23(13)12-6-5-11(8-20-12)27(19,24)25/h2-8H,1H3,(H2,19,24,25). The van der Waals surface area contributed by atoms with Gasteiger partial charge in [0, 0.05) is 11.8 Å². The fourth-order valence-corrected chi connectivity index (χ4v) is 2.66. The van der Waals surface area contributed by atoms with Crippen molar-refractivity contribution in [2.75, 3.05) is 7.11 Å². The topological polar surface area (TPSA) is 113 Å². The number of nitrogens with two attached hydrogens (primary N) is 1. The Balaban J connectivity index is 2.17. The lowest BCUT2D eigenvalue weighted by molar-refractivity contribution is -0.144. The van der Waals surface area contributed by atoms with Crippen molar-refractivity contribution in [1.82, 2.24) is 19.7 Å². The average Bonchev–Trinajstić information content (AvgIpc) is 3.07. The second-order valence-corrected chi connectivity index (χ2v) is 6.86. The molecule has 3 aromatic rings. The van der Waals surface area contributed by atoms with Gasteiger partial charge in [-0.1, -0.05) is 12.1 Å². The molecule has 27 heavy (non-hydrogen) atoms. The number of ether oxygens (including phenoxy) is 1. The van der Waals surface area contributed by atoms with E-state index in [4.69, 9.17) is 9.88 Å². The molecule has 0 atom stereocenters. The number of halogens is 3. The molecule has 8 nitrogen and oxygen atoms in total. The molecule has 142 valence electrons. The Labute approximate surface area is 151 Å². The molecule has 2 heterocycles. The number of rotatable bonds is 4. The lowest BCUT2D eigenvalue weighted by Crippen LogP contribution is -2.13. The number of hydrogen-bond acceptors (Lipinski definition) is 6. The maximum Gasteiger partial charge on any atom is 0.453 e. The smallest absolute Gasteiger partial charge is 0.453 e. The number of alkyl halides is 3. The first-order chi connectivity index (χ1) is 12.6. The van der Waals surface area contributed by atoms with E-state index < -0.39 is 22.0 Å². The van der Waals surface area contributed by atoms with Crippen molar-refractivity contribution in [2.24, 2.45) is 5.14 Å². The fraction of sp³-hybridized carbons (Fsp3) is 0.133. The minimum atomic E-state index is -4.78. The minimum absolute atomic E-state index is 0.0665. The Bertz CT molecular complexity index is 1080. The van der Waals surface area contributed by atoms with E-state index in [1.807, 2.05) is 0 Å². The van der Waals surface area contributed by atoms with Crippen molar-refractivity contribution in [3.8, 4) is 23.0 Å². The van der Waals surface area contributed by atoms with Gasteiger partial charge in [-0.25, -0.2) is 23.5 Å². The van der Waals surface area contributed by atoms with Crippen LogP contribution in [0.1, 0.15) is 5.82 Å². The zero-order valence-corrected chi connectivity index (χ0v) is 14.5. The van der Waals surface area contributed by atoms with E-state index in [9.17, 15) is 21.6 Å². The first-order valence-corrected chi connectivity index (χ1v) is 8.82. The summed E-state index contributed by atoms with van der Waals surface area (Å²) < 4.78 is 67.9. The molecule has 0 saturated carbocycles. The Hall–Kier alpha value is -2.99. The SMILES string of the molecule is COc1cccc(-c2nc(C(F)(F)F)nn2-c2ccc(S(N)(=O)=O)cn2)c1. The molecule has 0 fully saturated rings. The number of methoxy groups -OCH3 is 1. The number of aromatic nitrogens is 4. The van der Waals surface area contributed by atoms with Gasteiger partial charge in [0.15, 0.2) is 11.6 Å². The quantitative estimate of drug-likeness (QED) is 0.718. The van der Waals surface area contributed by atoms with Crippen molar-refractivity contribution in [3.63, 3.8) is 0 Å². The minimum Gasteiger partial charge on any atom is -0.497 e. The Morgan fingerprint density at radius 1 is 1.19 bits per heavy atom. The highest BCUT2D eigenvalue weighted by molar-refractivity contribution is 7.89. The third kappa shape index (κ3) is 3.90. The first kappa shape index (κ1) is 18.8. The molecule has 0 aliphatic carbocycles. The van der Waals surface area contributed by atoms with Crippen molar-refractivity contribution in [3.05, 3.63) is 48.4 Å². The van der Waals surface area contributed by atoms with E-state index in [0.29, 0.717) is 11.3 Å². The summed E-state index contributed by atoms with van der Waals surface area (Å²) in [5.74, 6) is -1.16. The van der Waals surface area contributed by atoms with E-state index >= 15 is 0 Å². The van der Waals surface area contributed by atoms with Crippen LogP contribution in [0.25, 0.3) is 17.2 Å². The van der Waals surface area contributed by atoms with E-state index in [2.05, 4.69) is 15.1 Å². The van der Waals surface area contributed by atoms with Crippen LogP contribution < -0.4 is 9.88 Å². The van der Waals surface area contributed by atoms with Crippen LogP contribution in [0.5, 0.6) is 5.75 Å². The summed E-state index contributed by atoms with van der Waals surface area (Å²) in [7, 11) is -2.58. The van der Waals surface area contributed by atoms with Crippen LogP contribution in [0, 0.1) is 0 Å². The highest BCUT2D eigenvalue weighted by Gasteiger charge is 2.37. The lowest BCUT2D eigenvalue weighted by atomic mass is 10.2. The van der Waals surface area contributed by atoms with Gasteiger partial charge in [-0.3, -0.25) is 0 Å². The van der Waals surface area contributed by atoms with Gasteiger partial charge in [-0.2, -0.15) is 17.9 Å². The normalized spacial score (nSPS) is 12.2. The predicted molar refractivity (Wildman–Crippen MR) is 87.5 cm³/mol. The Kier molecular flexibility index (Phi) is 4.61. The number of pyridine rings is 1. The molecule has 0 spiro atoms. The van der Waals surface area contributed by atoms with Gasteiger partial charge < -0.3 is 4.74 Å². The van der Waals surface area contributed by atoms with Crippen LogP contribution in [0.15, 0.2) is 47.5 Å². The van der Waals surface area contributed by atoms with Gasteiger partial charge >= 0.3 is 6.18 Å². The molecule has 0 aliphatic rings. The molecular weight excluding hydrogens is 387 g/mol. The van der Waals surface area contributed by atoms with E-state index in [-0.39, 0.29) is 16.5 Å². The number of benzene rings is 1. The van der Waals surface area contributed by atoms with Crippen LogP contribution in [0.3, 0.4) is 0 Å². The Morgan fingerprint density at radius 3 is 2.48 bits per heavy atom. The van der Waals surface area contributed by atoms with Gasteiger partial charge in [-0.05, 0) is 24.3 Å². The highest BCUT2D eigenvalue weighted by atomic mass is 32.2. The van der Waals surface area contributed by atoms with Crippen LogP contribution in [0.2, 0.25) is 0 Å². The van der Waals surface area contributed by atoms with Crippen molar-refractivity contribution in [2.45, 2.75) is 11.1 Å². The number of sulfonamides is 1. The molecule has 0 unspecified atom stereocenters. The molecule has 0 bridgehead atoms. The van der Waals surface area contributed by atoms with Crippen molar-refractivity contribution < 1.29 is 26.3 Å². The lowest BCUT2D eigenvalue weighted by Gasteiger charge is -2.07. The molecule has 0 saturated heterocycles. The van der Waals surface area contributed by atoms with Crippen molar-refractivity contribution in [1.29, 1.82) is 0 Å². The van der Waals surface area contributed by atoms with E-state index in [1.165, 1.54) is 25.3 Å². The van der Waals surface area contributed by atoms with E-state index in [1.54, 1.807) is 12.1 Å². The molecule has 2 aromatic heterocycles. The fourth-order valence-electron chi connectivity index (χ4n) is 2.21. The summed E-state index contributed by atoms with van der Waals surface area (Å²) in [5, 5.41) is 8.47. The summed E-state index contributed by atoms with van der Waals surface area (Å²) in [4.78, 5) is 7.12. The summed E-state index contributed by atoms with van der Waals surface area (Å²) in [6, 6.07) is 8.51. The van der Waals surface area contributed by atoms with Crippen LogP contribution in [-0.2, 0) is 16.2 Å². The summed E-state index contributed by atoms with van der Waals surface area (Å²) in [6.45, 7) is 0. The average molecular weight is 399 g/mol. The number of hydrogen-bond donors (Lipinski definition) is 1. The second-order valence-electron chi connectivity index (χ2n) is 5.30. The van der Waals surface area contributed by atoms with Gasteiger partial charge in [0.2, 0.25) is 10.0 Å². The molecule has 0 amide bonds. The van der Waals surface area contributed by atoms with E-state index in [0.717, 1.165) is 16.9 Å². The molecule has 3 rings (SSSR count). The molecule has 1 aromatic carbocycles. The summed E-state index contributed by atoms with van der Waals surface area (Å²) in [5.41, 5.74) is 0.301. The van der Waals surface area contributed by atoms with Crippen molar-refractivity contribution >= 4 is 10.0 Å². The van der Waals surface area contributed by atoms with Crippen LogP contribution >= 0.6 is 0 Å². The van der Waals surface area contributed by atoms with Gasteiger partial charge in [-0.15, -0.1) is 5.10 Å². The van der Waals surface area contributed by atoms with Gasteiger partial charge in [0.1, 0.15) is 10.6 Å². The maximum absolute atomic E-state index is 13.1. The van der Waals surface area contributed by atoms with Crippen LogP contribution in [-0.4, -0.2) is 35.3 Å². The van der Waals surface area contributed by atoms with Gasteiger partial charge in [0.25, 0.3) is 5.82 Å². The zero-order valence-electron chi connectivity index (χ0n) is 13.7. The van der Waals surface area contributed by atoms with Gasteiger partial charge in [0.05, 0.1) is 7.11 Å². The first-order valence-electron chi connectivity index (χ1n) is 7.27. The summed E-state index contributed by atoms with van der Waals surface area (Å²) in [6.07, 6.45) is -3.85. The molecule has 0 aliphatic heterocycles. The highest BCUT2D eigenvalue weighted by Crippen LogP contribution is 2.31. The largest absolute Gasteiger partial charge is 0.497 e. The Morgan fingerprint density at radius 2 is 1.93 bits per heavy atom. The van der Waals surface area contributed by atoms with Crippen LogP contribution in [0.4, 0.5) is 13.2 Å². The zero-order chi connectivity index (χ0) is 19.8. The maximum atomic E-state index is 13.1. The number of primary sulfonamides is 1. The second kappa shape index (κ2) is 6.63. The molecular formula is C15H12F3N5O3S. The summed E-state index contributed by atoms with van der Waals surface area (Å²) >= 11 is 0. The molecule has 12 heteroatoms. The predicted octanol–water partition coefficient (Wildman–Crippen LogP) is 2.00. The molecule has 0 radical (unpaired) electrons. The molecule has 2 N–H and O–H groups in total. The monoisotopic (exact) mass is 399 g/mol. The third-order valence-corrected chi connectivity index (χ3v) is 4.35. The third-order valence-electron chi connectivity index (χ3n) is 3.45.